The van der Waals surface area contributed by atoms with Crippen LogP contribution >= 0.6 is 24.0 Å². The predicted octanol–water partition coefficient (Wildman–Crippen LogP) is 3.07. The van der Waals surface area contributed by atoms with Crippen LogP contribution in [0.1, 0.15) is 30.2 Å². The van der Waals surface area contributed by atoms with Crippen molar-refractivity contribution >= 4 is 29.9 Å². The van der Waals surface area contributed by atoms with Crippen molar-refractivity contribution in [2.24, 2.45) is 4.99 Å². The van der Waals surface area contributed by atoms with Crippen LogP contribution in [0.3, 0.4) is 0 Å². The number of ether oxygens (including phenoxy) is 2. The molecule has 2 heterocycles. The molecule has 2 aromatic rings. The second-order valence-corrected chi connectivity index (χ2v) is 7.80. The summed E-state index contributed by atoms with van der Waals surface area (Å²) >= 11 is 0. The quantitative estimate of drug-likeness (QED) is 0.214. The average Bonchev–Trinajstić information content (AvgIpc) is 3.21. The number of hydrogen-bond acceptors (Lipinski definition) is 5. The van der Waals surface area contributed by atoms with E-state index in [1.807, 2.05) is 18.3 Å². The largest absolute Gasteiger partial charge is 0.497 e. The van der Waals surface area contributed by atoms with Gasteiger partial charge in [-0.05, 0) is 50.5 Å². The SMILES string of the molecule is CCNC(=NCCCc1cn[nH]c1C)N1CCN(Cc2cc(OC)ccc2OC)CC1.I. The van der Waals surface area contributed by atoms with Gasteiger partial charge in [0.2, 0.25) is 0 Å². The molecule has 0 bridgehead atoms. The predicted molar refractivity (Wildman–Crippen MR) is 139 cm³/mol. The minimum absolute atomic E-state index is 0. The van der Waals surface area contributed by atoms with Crippen molar-refractivity contribution in [2.45, 2.75) is 33.2 Å². The Morgan fingerprint density at radius 3 is 2.56 bits per heavy atom. The van der Waals surface area contributed by atoms with Gasteiger partial charge in [0, 0.05) is 57.1 Å². The maximum atomic E-state index is 5.54. The second kappa shape index (κ2) is 13.5. The third-order valence-electron chi connectivity index (χ3n) is 5.69. The Morgan fingerprint density at radius 1 is 1.16 bits per heavy atom. The van der Waals surface area contributed by atoms with Crippen LogP contribution < -0.4 is 14.8 Å². The smallest absolute Gasteiger partial charge is 0.194 e. The van der Waals surface area contributed by atoms with Crippen LogP contribution in [-0.2, 0) is 13.0 Å². The van der Waals surface area contributed by atoms with Gasteiger partial charge >= 0.3 is 0 Å². The number of halogens is 1. The zero-order valence-corrected chi connectivity index (χ0v) is 22.0. The average molecular weight is 556 g/mol. The van der Waals surface area contributed by atoms with Gasteiger partial charge < -0.3 is 19.7 Å². The van der Waals surface area contributed by atoms with E-state index < -0.39 is 0 Å². The molecule has 1 aliphatic heterocycles. The Morgan fingerprint density at radius 2 is 1.94 bits per heavy atom. The molecule has 9 heteroatoms. The minimum atomic E-state index is 0. The molecule has 1 aliphatic rings. The monoisotopic (exact) mass is 556 g/mol. The molecule has 0 aliphatic carbocycles. The number of aliphatic imine (C=N–C) groups is 1. The normalized spacial score (nSPS) is 14.8. The number of piperazine rings is 1. The molecule has 3 rings (SSSR count). The Balaban J connectivity index is 0.00000363. The third kappa shape index (κ3) is 7.26. The van der Waals surface area contributed by atoms with E-state index >= 15 is 0 Å². The number of methoxy groups -OCH3 is 2. The number of aryl methyl sites for hydroxylation is 2. The lowest BCUT2D eigenvalue weighted by atomic mass is 10.1. The van der Waals surface area contributed by atoms with Gasteiger partial charge in [0.1, 0.15) is 11.5 Å². The fraction of sp³-hybridized carbons (Fsp3) is 0.565. The lowest BCUT2D eigenvalue weighted by Gasteiger charge is -2.36. The van der Waals surface area contributed by atoms with Gasteiger partial charge in [0.15, 0.2) is 5.96 Å². The summed E-state index contributed by atoms with van der Waals surface area (Å²) in [5.74, 6) is 2.79. The first-order valence-electron chi connectivity index (χ1n) is 11.1. The number of aromatic nitrogens is 2. The maximum Gasteiger partial charge on any atom is 0.194 e. The topological polar surface area (TPSA) is 78.0 Å². The third-order valence-corrected chi connectivity index (χ3v) is 5.69. The van der Waals surface area contributed by atoms with Crippen LogP contribution in [0.25, 0.3) is 0 Å². The van der Waals surface area contributed by atoms with E-state index in [-0.39, 0.29) is 24.0 Å². The molecular weight excluding hydrogens is 519 g/mol. The van der Waals surface area contributed by atoms with Crippen molar-refractivity contribution in [3.05, 3.63) is 41.2 Å². The summed E-state index contributed by atoms with van der Waals surface area (Å²) in [4.78, 5) is 9.70. The molecule has 0 spiro atoms. The fourth-order valence-electron chi connectivity index (χ4n) is 3.87. The number of hydrogen-bond donors (Lipinski definition) is 2. The summed E-state index contributed by atoms with van der Waals surface area (Å²) in [5, 5.41) is 10.6. The van der Waals surface area contributed by atoms with Crippen LogP contribution in [-0.4, -0.2) is 79.4 Å². The van der Waals surface area contributed by atoms with Crippen LogP contribution in [0.2, 0.25) is 0 Å². The maximum absolute atomic E-state index is 5.54. The van der Waals surface area contributed by atoms with Gasteiger partial charge in [-0.25, -0.2) is 0 Å². The molecule has 0 amide bonds. The molecule has 1 saturated heterocycles. The first-order chi connectivity index (χ1) is 15.1. The van der Waals surface area contributed by atoms with E-state index in [0.29, 0.717) is 0 Å². The van der Waals surface area contributed by atoms with Crippen molar-refractivity contribution in [3.8, 4) is 11.5 Å². The minimum Gasteiger partial charge on any atom is -0.497 e. The van der Waals surface area contributed by atoms with Crippen molar-refractivity contribution in [2.75, 3.05) is 53.5 Å². The Kier molecular flexibility index (Phi) is 11.1. The first kappa shape index (κ1) is 26.2. The van der Waals surface area contributed by atoms with Gasteiger partial charge in [0.05, 0.1) is 20.4 Å². The van der Waals surface area contributed by atoms with Crippen molar-refractivity contribution in [1.29, 1.82) is 0 Å². The molecule has 1 aromatic carbocycles. The van der Waals surface area contributed by atoms with Gasteiger partial charge in [-0.2, -0.15) is 5.10 Å². The van der Waals surface area contributed by atoms with E-state index in [1.165, 1.54) is 5.56 Å². The molecule has 0 atom stereocenters. The molecule has 0 unspecified atom stereocenters. The molecular formula is C23H37IN6O2. The zero-order valence-electron chi connectivity index (χ0n) is 19.7. The lowest BCUT2D eigenvalue weighted by molar-refractivity contribution is 0.171. The fourth-order valence-corrected chi connectivity index (χ4v) is 3.87. The summed E-state index contributed by atoms with van der Waals surface area (Å²) < 4.78 is 10.9. The number of aromatic amines is 1. The summed E-state index contributed by atoms with van der Waals surface area (Å²) in [7, 11) is 3.42. The van der Waals surface area contributed by atoms with Gasteiger partial charge in [-0.15, -0.1) is 24.0 Å². The zero-order chi connectivity index (χ0) is 22.1. The Labute approximate surface area is 208 Å². The van der Waals surface area contributed by atoms with Crippen molar-refractivity contribution in [1.82, 2.24) is 25.3 Å². The van der Waals surface area contributed by atoms with E-state index in [9.17, 15) is 0 Å². The first-order valence-corrected chi connectivity index (χ1v) is 11.1. The second-order valence-electron chi connectivity index (χ2n) is 7.80. The van der Waals surface area contributed by atoms with Crippen LogP contribution in [0.15, 0.2) is 29.4 Å². The highest BCUT2D eigenvalue weighted by Gasteiger charge is 2.20. The van der Waals surface area contributed by atoms with Crippen LogP contribution in [0, 0.1) is 6.92 Å². The highest BCUT2D eigenvalue weighted by Crippen LogP contribution is 2.25. The highest BCUT2D eigenvalue weighted by atomic mass is 127. The molecule has 0 radical (unpaired) electrons. The van der Waals surface area contributed by atoms with Crippen molar-refractivity contribution < 1.29 is 9.47 Å². The number of benzene rings is 1. The van der Waals surface area contributed by atoms with E-state index in [4.69, 9.17) is 14.5 Å². The van der Waals surface area contributed by atoms with Crippen LogP contribution in [0.4, 0.5) is 0 Å². The summed E-state index contributed by atoms with van der Waals surface area (Å²) in [6.45, 7) is 10.6. The number of rotatable bonds is 9. The number of H-pyrrole nitrogens is 1. The Hall–Kier alpha value is -2.01. The standard InChI is InChI=1S/C23H36N6O2.HI/c1-5-24-23(25-10-6-7-19-16-26-27-18(19)2)29-13-11-28(12-14-29)17-20-15-21(30-3)8-9-22(20)31-4;/h8-9,15-16H,5-7,10-14,17H2,1-4H3,(H,24,25)(H,26,27);1H. The van der Waals surface area contributed by atoms with E-state index in [2.05, 4.69) is 45.2 Å². The highest BCUT2D eigenvalue weighted by molar-refractivity contribution is 14.0. The van der Waals surface area contributed by atoms with Gasteiger partial charge in [0.25, 0.3) is 0 Å². The lowest BCUT2D eigenvalue weighted by Crippen LogP contribution is -2.52. The molecule has 178 valence electrons. The van der Waals surface area contributed by atoms with Crippen LogP contribution in [0.5, 0.6) is 11.5 Å². The molecule has 0 saturated carbocycles. The number of nitrogens with zero attached hydrogens (tertiary/aromatic N) is 4. The van der Waals surface area contributed by atoms with Gasteiger partial charge in [-0.3, -0.25) is 15.0 Å². The number of guanidine groups is 1. The Bertz CT molecular complexity index is 849. The van der Waals surface area contributed by atoms with E-state index in [0.717, 1.165) is 87.4 Å². The number of nitrogens with one attached hydrogen (secondary N) is 2. The van der Waals surface area contributed by atoms with E-state index in [1.54, 1.807) is 14.2 Å². The van der Waals surface area contributed by atoms with Crippen molar-refractivity contribution in [3.63, 3.8) is 0 Å². The molecule has 8 nitrogen and oxygen atoms in total. The molecule has 1 aromatic heterocycles. The molecule has 1 fully saturated rings. The summed E-state index contributed by atoms with van der Waals surface area (Å²) in [5.41, 5.74) is 3.59. The molecule has 32 heavy (non-hydrogen) atoms. The van der Waals surface area contributed by atoms with Gasteiger partial charge in [-0.1, -0.05) is 0 Å². The summed E-state index contributed by atoms with van der Waals surface area (Å²) in [6.07, 6.45) is 3.94. The molecule has 2 N–H and O–H groups in total. The summed E-state index contributed by atoms with van der Waals surface area (Å²) in [6, 6.07) is 5.98.